The lowest BCUT2D eigenvalue weighted by molar-refractivity contribution is 0.0732. The van der Waals surface area contributed by atoms with Gasteiger partial charge in [0.25, 0.3) is 0 Å². The number of rotatable bonds is 10. The van der Waals surface area contributed by atoms with Crippen molar-refractivity contribution in [1.29, 1.82) is 0 Å². The highest BCUT2D eigenvalue weighted by molar-refractivity contribution is 14.0. The first-order chi connectivity index (χ1) is 12.6. The molecule has 1 aliphatic carbocycles. The minimum Gasteiger partial charge on any atom is -0.385 e. The van der Waals surface area contributed by atoms with Crippen LogP contribution in [0.1, 0.15) is 43.7 Å². The van der Waals surface area contributed by atoms with E-state index >= 15 is 0 Å². The summed E-state index contributed by atoms with van der Waals surface area (Å²) in [6, 6.07) is 8.74. The lowest BCUT2D eigenvalue weighted by Crippen LogP contribution is -2.46. The van der Waals surface area contributed by atoms with Gasteiger partial charge >= 0.3 is 0 Å². The van der Waals surface area contributed by atoms with Crippen molar-refractivity contribution in [3.8, 4) is 0 Å². The molecule has 1 fully saturated rings. The molecule has 2 N–H and O–H groups in total. The molecule has 1 aliphatic rings. The first kappa shape index (κ1) is 24.2. The third-order valence-corrected chi connectivity index (χ3v) is 5.17. The molecule has 27 heavy (non-hydrogen) atoms. The molecular formula is C21H37IN4O. The fraction of sp³-hybridized carbons (Fsp3) is 0.667. The highest BCUT2D eigenvalue weighted by atomic mass is 127. The van der Waals surface area contributed by atoms with Crippen molar-refractivity contribution in [2.45, 2.75) is 45.7 Å². The summed E-state index contributed by atoms with van der Waals surface area (Å²) >= 11 is 0. The molecule has 5 nitrogen and oxygen atoms in total. The fourth-order valence-electron chi connectivity index (χ4n) is 3.41. The number of aliphatic imine (C=N–C) groups is 1. The monoisotopic (exact) mass is 488 g/mol. The quantitative estimate of drug-likeness (QED) is 0.300. The Kier molecular flexibility index (Phi) is 11.3. The normalized spacial score (nSPS) is 15.8. The summed E-state index contributed by atoms with van der Waals surface area (Å²) in [7, 11) is 5.97. The van der Waals surface area contributed by atoms with Gasteiger partial charge in [-0.05, 0) is 56.8 Å². The molecule has 2 rings (SSSR count). The van der Waals surface area contributed by atoms with Crippen LogP contribution in [0.3, 0.4) is 0 Å². The minimum absolute atomic E-state index is 0. The molecule has 0 bridgehead atoms. The number of nitrogens with zero attached hydrogens (tertiary/aromatic N) is 2. The van der Waals surface area contributed by atoms with Crippen LogP contribution >= 0.6 is 24.0 Å². The number of nitrogens with one attached hydrogen (secondary N) is 2. The number of hydrogen-bond acceptors (Lipinski definition) is 3. The zero-order valence-electron chi connectivity index (χ0n) is 17.4. The Morgan fingerprint density at radius 3 is 2.33 bits per heavy atom. The Balaban J connectivity index is 0.00000364. The molecule has 1 aromatic rings. The standard InChI is InChI=1S/C21H36N4O.HI/c1-5-22-20(24-17-21(11-6-12-21)13-14-26-4)23-15-18-7-9-19(10-8-18)16-25(2)3;/h7-10H,5-6,11-17H2,1-4H3,(H2,22,23,24);1H. The molecule has 0 aromatic heterocycles. The first-order valence-corrected chi connectivity index (χ1v) is 9.80. The smallest absolute Gasteiger partial charge is 0.191 e. The molecule has 6 heteroatoms. The highest BCUT2D eigenvalue weighted by Gasteiger charge is 2.36. The second-order valence-corrected chi connectivity index (χ2v) is 7.70. The number of halogens is 1. The summed E-state index contributed by atoms with van der Waals surface area (Å²) < 4.78 is 5.29. The van der Waals surface area contributed by atoms with Gasteiger partial charge in [0, 0.05) is 33.4 Å². The van der Waals surface area contributed by atoms with Crippen LogP contribution in [0.15, 0.2) is 29.3 Å². The lowest BCUT2D eigenvalue weighted by Gasteiger charge is -2.42. The molecule has 1 saturated carbocycles. The number of hydrogen-bond donors (Lipinski definition) is 2. The highest BCUT2D eigenvalue weighted by Crippen LogP contribution is 2.43. The van der Waals surface area contributed by atoms with Crippen molar-refractivity contribution in [1.82, 2.24) is 15.5 Å². The van der Waals surface area contributed by atoms with E-state index in [9.17, 15) is 0 Å². The van der Waals surface area contributed by atoms with E-state index in [1.807, 2.05) is 0 Å². The zero-order valence-corrected chi connectivity index (χ0v) is 19.7. The van der Waals surface area contributed by atoms with Crippen LogP contribution in [0.25, 0.3) is 0 Å². The third-order valence-electron chi connectivity index (χ3n) is 5.17. The minimum atomic E-state index is 0. The van der Waals surface area contributed by atoms with E-state index in [4.69, 9.17) is 9.73 Å². The van der Waals surface area contributed by atoms with Gasteiger partial charge in [0.2, 0.25) is 0 Å². The van der Waals surface area contributed by atoms with Gasteiger partial charge in [0.15, 0.2) is 5.96 Å². The number of benzene rings is 1. The lowest BCUT2D eigenvalue weighted by atomic mass is 9.67. The second kappa shape index (κ2) is 12.6. The van der Waals surface area contributed by atoms with Crippen LogP contribution in [0.4, 0.5) is 0 Å². The van der Waals surface area contributed by atoms with Crippen LogP contribution in [-0.2, 0) is 17.8 Å². The van der Waals surface area contributed by atoms with E-state index in [1.165, 1.54) is 30.4 Å². The Bertz CT molecular complexity index is 556. The van der Waals surface area contributed by atoms with Gasteiger partial charge in [-0.25, -0.2) is 4.99 Å². The van der Waals surface area contributed by atoms with Gasteiger partial charge in [-0.15, -0.1) is 24.0 Å². The maximum Gasteiger partial charge on any atom is 0.191 e. The summed E-state index contributed by atoms with van der Waals surface area (Å²) in [4.78, 5) is 6.95. The van der Waals surface area contributed by atoms with E-state index in [1.54, 1.807) is 7.11 Å². The molecule has 0 heterocycles. The predicted octanol–water partition coefficient (Wildman–Crippen LogP) is 3.63. The second-order valence-electron chi connectivity index (χ2n) is 7.70. The summed E-state index contributed by atoms with van der Waals surface area (Å²) in [5, 5.41) is 6.92. The van der Waals surface area contributed by atoms with E-state index in [0.717, 1.165) is 38.6 Å². The Hall–Kier alpha value is -0.860. The van der Waals surface area contributed by atoms with E-state index in [0.29, 0.717) is 12.0 Å². The topological polar surface area (TPSA) is 48.9 Å². The first-order valence-electron chi connectivity index (χ1n) is 9.80. The SMILES string of the molecule is CCNC(=NCc1ccc(CN(C)C)cc1)NCC1(CCOC)CCC1.I. The van der Waals surface area contributed by atoms with Crippen molar-refractivity contribution in [3.63, 3.8) is 0 Å². The summed E-state index contributed by atoms with van der Waals surface area (Å²) in [5.74, 6) is 0.911. The average molecular weight is 488 g/mol. The molecular weight excluding hydrogens is 451 g/mol. The molecule has 0 radical (unpaired) electrons. The number of ether oxygens (including phenoxy) is 1. The van der Waals surface area contributed by atoms with Gasteiger partial charge in [-0.1, -0.05) is 30.7 Å². The predicted molar refractivity (Wildman–Crippen MR) is 125 cm³/mol. The Labute approximate surface area is 182 Å². The van der Waals surface area contributed by atoms with Crippen molar-refractivity contribution in [3.05, 3.63) is 35.4 Å². The zero-order chi connectivity index (χ0) is 18.8. The summed E-state index contributed by atoms with van der Waals surface area (Å²) in [6.07, 6.45) is 5.04. The van der Waals surface area contributed by atoms with Gasteiger partial charge in [0.1, 0.15) is 0 Å². The molecule has 0 saturated heterocycles. The van der Waals surface area contributed by atoms with Crippen LogP contribution in [-0.4, -0.2) is 51.8 Å². The molecule has 154 valence electrons. The number of guanidine groups is 1. The largest absolute Gasteiger partial charge is 0.385 e. The van der Waals surface area contributed by atoms with E-state index in [2.05, 4.69) is 60.8 Å². The molecule has 0 unspecified atom stereocenters. The van der Waals surface area contributed by atoms with Crippen molar-refractivity contribution in [2.24, 2.45) is 10.4 Å². The van der Waals surface area contributed by atoms with E-state index < -0.39 is 0 Å². The van der Waals surface area contributed by atoms with Gasteiger partial charge in [-0.3, -0.25) is 0 Å². The van der Waals surface area contributed by atoms with E-state index in [-0.39, 0.29) is 24.0 Å². The van der Waals surface area contributed by atoms with Gasteiger partial charge < -0.3 is 20.3 Å². The van der Waals surface area contributed by atoms with Crippen molar-refractivity contribution >= 4 is 29.9 Å². The summed E-state index contributed by atoms with van der Waals surface area (Å²) in [5.41, 5.74) is 2.96. The third kappa shape index (κ3) is 8.35. The summed E-state index contributed by atoms with van der Waals surface area (Å²) in [6.45, 7) is 6.47. The average Bonchev–Trinajstić information content (AvgIpc) is 2.59. The molecule has 0 amide bonds. The van der Waals surface area contributed by atoms with Crippen LogP contribution < -0.4 is 10.6 Å². The van der Waals surface area contributed by atoms with Gasteiger partial charge in [-0.2, -0.15) is 0 Å². The van der Waals surface area contributed by atoms with Crippen LogP contribution in [0.5, 0.6) is 0 Å². The maximum atomic E-state index is 5.29. The Morgan fingerprint density at radius 1 is 1.15 bits per heavy atom. The van der Waals surface area contributed by atoms with Gasteiger partial charge in [0.05, 0.1) is 6.54 Å². The number of methoxy groups -OCH3 is 1. The maximum absolute atomic E-state index is 5.29. The van der Waals surface area contributed by atoms with Crippen molar-refractivity contribution < 1.29 is 4.74 Å². The Morgan fingerprint density at radius 2 is 1.81 bits per heavy atom. The fourth-order valence-corrected chi connectivity index (χ4v) is 3.41. The molecule has 0 spiro atoms. The van der Waals surface area contributed by atoms with Crippen molar-refractivity contribution in [2.75, 3.05) is 40.9 Å². The van der Waals surface area contributed by atoms with Crippen LogP contribution in [0.2, 0.25) is 0 Å². The molecule has 1 aromatic carbocycles. The molecule has 0 aliphatic heterocycles. The molecule has 0 atom stereocenters. The van der Waals surface area contributed by atoms with Crippen LogP contribution in [0, 0.1) is 5.41 Å².